The van der Waals surface area contributed by atoms with Crippen LogP contribution in [0.2, 0.25) is 0 Å². The number of carbonyl (C=O) groups excluding carboxylic acids is 3. The van der Waals surface area contributed by atoms with Crippen molar-refractivity contribution in [2.75, 3.05) is 31.1 Å². The zero-order valence-electron chi connectivity index (χ0n) is 22.8. The van der Waals surface area contributed by atoms with Crippen LogP contribution in [-0.2, 0) is 14.4 Å². The van der Waals surface area contributed by atoms with E-state index in [1.54, 1.807) is 38.6 Å². The number of aliphatic hydroxyl groups excluding tert-OH is 1. The number of rotatable bonds is 12. The van der Waals surface area contributed by atoms with Gasteiger partial charge < -0.3 is 19.8 Å². The first-order valence-electron chi connectivity index (χ1n) is 13.7. The summed E-state index contributed by atoms with van der Waals surface area (Å²) in [5.41, 5.74) is 0.780. The third-order valence-corrected chi connectivity index (χ3v) is 10.5. The number of carbonyl (C=O) groups is 3. The molecule has 0 aromatic heterocycles. The molecule has 0 saturated carbocycles. The summed E-state index contributed by atoms with van der Waals surface area (Å²) in [4.78, 5) is 48.1. The number of aliphatic hydroxyl groups is 1. The number of para-hydroxylation sites is 1. The van der Waals surface area contributed by atoms with Crippen LogP contribution in [0.4, 0.5) is 5.69 Å². The van der Waals surface area contributed by atoms with Gasteiger partial charge in [0, 0.05) is 43.2 Å². The van der Waals surface area contributed by atoms with Gasteiger partial charge in [-0.25, -0.2) is 0 Å². The van der Waals surface area contributed by atoms with Crippen molar-refractivity contribution in [1.82, 2.24) is 9.80 Å². The topological polar surface area (TPSA) is 81.2 Å². The van der Waals surface area contributed by atoms with Crippen LogP contribution in [0.25, 0.3) is 0 Å². The van der Waals surface area contributed by atoms with Gasteiger partial charge in [0.15, 0.2) is 0 Å². The molecule has 4 rings (SSSR count). The van der Waals surface area contributed by atoms with Crippen molar-refractivity contribution in [2.24, 2.45) is 17.8 Å². The molecule has 3 aliphatic heterocycles. The lowest BCUT2D eigenvalue weighted by atomic mass is 9.65. The Balaban J connectivity index is 1.77. The van der Waals surface area contributed by atoms with Crippen LogP contribution in [0.3, 0.4) is 0 Å². The van der Waals surface area contributed by atoms with Gasteiger partial charge in [-0.3, -0.25) is 14.4 Å². The average molecular weight is 540 g/mol. The Bertz CT molecular complexity index is 1060. The first kappa shape index (κ1) is 28.4. The first-order valence-corrected chi connectivity index (χ1v) is 14.6. The van der Waals surface area contributed by atoms with Gasteiger partial charge in [0.25, 0.3) is 0 Å². The molecular formula is C30H41N3O4S. The molecular weight excluding hydrogens is 498 g/mol. The highest BCUT2D eigenvalue weighted by molar-refractivity contribution is 8.02. The van der Waals surface area contributed by atoms with E-state index in [2.05, 4.69) is 20.1 Å². The van der Waals surface area contributed by atoms with Crippen molar-refractivity contribution in [2.45, 2.75) is 62.1 Å². The molecule has 3 unspecified atom stereocenters. The van der Waals surface area contributed by atoms with Gasteiger partial charge in [-0.2, -0.15) is 0 Å². The van der Waals surface area contributed by atoms with Gasteiger partial charge in [0.05, 0.1) is 16.6 Å². The van der Waals surface area contributed by atoms with Gasteiger partial charge in [-0.1, -0.05) is 37.3 Å². The molecule has 2 bridgehead atoms. The van der Waals surface area contributed by atoms with E-state index in [0.29, 0.717) is 32.5 Å². The van der Waals surface area contributed by atoms with Gasteiger partial charge in [0.2, 0.25) is 17.7 Å². The predicted molar refractivity (Wildman–Crippen MR) is 153 cm³/mol. The lowest BCUT2D eigenvalue weighted by Gasteiger charge is -2.41. The molecule has 3 amide bonds. The highest BCUT2D eigenvalue weighted by Gasteiger charge is 2.76. The second-order valence-electron chi connectivity index (χ2n) is 11.0. The van der Waals surface area contributed by atoms with E-state index in [4.69, 9.17) is 0 Å². The lowest BCUT2D eigenvalue weighted by molar-refractivity contribution is -0.143. The van der Waals surface area contributed by atoms with E-state index in [-0.39, 0.29) is 41.5 Å². The highest BCUT2D eigenvalue weighted by Crippen LogP contribution is 2.69. The van der Waals surface area contributed by atoms with Crippen molar-refractivity contribution in [3.63, 3.8) is 0 Å². The summed E-state index contributed by atoms with van der Waals surface area (Å²) < 4.78 is -0.663. The number of anilines is 1. The second-order valence-corrected chi connectivity index (χ2v) is 12.5. The third kappa shape index (κ3) is 4.60. The van der Waals surface area contributed by atoms with Gasteiger partial charge in [-0.05, 0) is 51.2 Å². The Morgan fingerprint density at radius 2 is 1.84 bits per heavy atom. The highest BCUT2D eigenvalue weighted by atomic mass is 32.2. The predicted octanol–water partition coefficient (Wildman–Crippen LogP) is 3.74. The summed E-state index contributed by atoms with van der Waals surface area (Å²) in [5, 5.41) is 9.38. The van der Waals surface area contributed by atoms with Crippen molar-refractivity contribution in [1.29, 1.82) is 0 Å². The maximum Gasteiger partial charge on any atom is 0.247 e. The van der Waals surface area contributed by atoms with Gasteiger partial charge in [-0.15, -0.1) is 24.9 Å². The van der Waals surface area contributed by atoms with Crippen LogP contribution in [0.1, 0.15) is 40.0 Å². The van der Waals surface area contributed by atoms with Crippen LogP contribution in [0.5, 0.6) is 0 Å². The summed E-state index contributed by atoms with van der Waals surface area (Å²) >= 11 is 1.70. The molecule has 6 atom stereocenters. The Morgan fingerprint density at radius 1 is 1.16 bits per heavy atom. The number of hydrogen-bond donors (Lipinski definition) is 1. The summed E-state index contributed by atoms with van der Waals surface area (Å²) in [5.74, 6) is -1.21. The number of nitrogens with zero attached hydrogens (tertiary/aromatic N) is 3. The Labute approximate surface area is 230 Å². The van der Waals surface area contributed by atoms with E-state index in [9.17, 15) is 19.5 Å². The maximum absolute atomic E-state index is 14.3. The molecule has 206 valence electrons. The third-order valence-electron chi connectivity index (χ3n) is 8.45. The first-order chi connectivity index (χ1) is 18.2. The van der Waals surface area contributed by atoms with Crippen molar-refractivity contribution in [3.05, 3.63) is 55.6 Å². The molecule has 3 saturated heterocycles. The van der Waals surface area contributed by atoms with Crippen LogP contribution in [0, 0.1) is 17.8 Å². The summed E-state index contributed by atoms with van der Waals surface area (Å²) in [7, 11) is 0. The van der Waals surface area contributed by atoms with Crippen LogP contribution in [-0.4, -0.2) is 80.9 Å². The molecule has 1 N–H and O–H groups in total. The molecule has 1 aromatic carbocycles. The number of hydrogen-bond acceptors (Lipinski definition) is 5. The maximum atomic E-state index is 14.3. The van der Waals surface area contributed by atoms with Crippen molar-refractivity contribution < 1.29 is 19.5 Å². The minimum atomic E-state index is -0.663. The smallest absolute Gasteiger partial charge is 0.247 e. The SMILES string of the molecule is C=CCN(C(=O)[C@@H]1[C@@H]2CC(C)C3(S2)C(C(=O)N(CC=C)C(C)C)N(CCCCO)C(=O)[C@H]13)c1ccccc1. The Hall–Kier alpha value is -2.58. The average Bonchev–Trinajstić information content (AvgIpc) is 3.49. The number of benzene rings is 1. The Kier molecular flexibility index (Phi) is 8.72. The van der Waals surface area contributed by atoms with E-state index >= 15 is 0 Å². The number of unbranched alkanes of at least 4 members (excludes halogenated alkanes) is 1. The Morgan fingerprint density at radius 3 is 2.45 bits per heavy atom. The molecule has 8 heteroatoms. The largest absolute Gasteiger partial charge is 0.396 e. The minimum absolute atomic E-state index is 0.0238. The van der Waals surface area contributed by atoms with Crippen LogP contribution in [0.15, 0.2) is 55.6 Å². The minimum Gasteiger partial charge on any atom is -0.396 e. The van der Waals surface area contributed by atoms with Crippen molar-refractivity contribution >= 4 is 35.2 Å². The summed E-state index contributed by atoms with van der Waals surface area (Å²) in [6.45, 7) is 15.0. The quantitative estimate of drug-likeness (QED) is 0.323. The zero-order chi connectivity index (χ0) is 27.6. The van der Waals surface area contributed by atoms with Crippen LogP contribution < -0.4 is 4.90 Å². The van der Waals surface area contributed by atoms with Crippen LogP contribution >= 0.6 is 11.8 Å². The molecule has 0 radical (unpaired) electrons. The normalized spacial score (nSPS) is 29.4. The summed E-state index contributed by atoms with van der Waals surface area (Å²) in [6.07, 6.45) is 5.38. The van der Waals surface area contributed by atoms with E-state index < -0.39 is 22.6 Å². The van der Waals surface area contributed by atoms with E-state index in [1.165, 1.54) is 0 Å². The molecule has 3 aliphatic rings. The van der Waals surface area contributed by atoms with E-state index in [0.717, 1.165) is 12.1 Å². The monoisotopic (exact) mass is 539 g/mol. The fourth-order valence-corrected chi connectivity index (χ4v) is 9.22. The van der Waals surface area contributed by atoms with Crippen molar-refractivity contribution in [3.8, 4) is 0 Å². The fraction of sp³-hybridized carbons (Fsp3) is 0.567. The fourth-order valence-electron chi connectivity index (χ4n) is 6.81. The number of amides is 3. The molecule has 7 nitrogen and oxygen atoms in total. The molecule has 0 aliphatic carbocycles. The van der Waals surface area contributed by atoms with E-state index in [1.807, 2.05) is 44.2 Å². The summed E-state index contributed by atoms with van der Waals surface area (Å²) in [6, 6.07) is 8.82. The number of thioether (sulfide) groups is 1. The van der Waals surface area contributed by atoms with Gasteiger partial charge >= 0.3 is 0 Å². The molecule has 1 spiro atoms. The molecule has 1 aromatic rings. The number of likely N-dealkylation sites (tertiary alicyclic amines) is 1. The molecule has 38 heavy (non-hydrogen) atoms. The lowest BCUT2D eigenvalue weighted by Crippen LogP contribution is -2.58. The zero-order valence-corrected chi connectivity index (χ0v) is 23.6. The second kappa shape index (κ2) is 11.7. The molecule has 3 fully saturated rings. The number of fused-ring (bicyclic) bond motifs is 1. The molecule has 3 heterocycles. The standard InChI is InChI=1S/C30H41N3O4S/c1-6-15-31(20(3)4)29(37)26-30-21(5)19-23(38-30)24(25(30)28(36)33(26)17-11-12-18-34)27(35)32(16-7-2)22-13-9-8-10-14-22/h6-10,13-14,20-21,23-26,34H,1-2,11-12,15-19H2,3-5H3/t21?,23-,24+,25-,26?,30?/m0/s1. The van der Waals surface area contributed by atoms with Gasteiger partial charge in [0.1, 0.15) is 6.04 Å².